The van der Waals surface area contributed by atoms with Crippen LogP contribution in [-0.2, 0) is 16.1 Å². The predicted molar refractivity (Wildman–Crippen MR) is 92.3 cm³/mol. The molecule has 1 aliphatic heterocycles. The van der Waals surface area contributed by atoms with Crippen molar-refractivity contribution in [2.45, 2.75) is 19.0 Å². The van der Waals surface area contributed by atoms with E-state index >= 15 is 0 Å². The van der Waals surface area contributed by atoms with Gasteiger partial charge in [-0.1, -0.05) is 30.3 Å². The molecule has 1 aliphatic rings. The molecule has 3 rings (SSSR count). The number of nitrogens with one attached hydrogen (secondary N) is 3. The van der Waals surface area contributed by atoms with Crippen molar-refractivity contribution < 1.29 is 14.0 Å². The molecule has 1 atom stereocenters. The molecule has 2 aromatic rings. The van der Waals surface area contributed by atoms with Crippen LogP contribution in [0, 0.1) is 5.82 Å². The minimum Gasteiger partial charge on any atom is -0.350 e. The zero-order valence-electron chi connectivity index (χ0n) is 13.3. The van der Waals surface area contributed by atoms with Crippen LogP contribution < -0.4 is 16.0 Å². The van der Waals surface area contributed by atoms with Crippen LogP contribution in [0.5, 0.6) is 0 Å². The van der Waals surface area contributed by atoms with Crippen LogP contribution in [-0.4, -0.2) is 23.8 Å². The molecular formula is C18H17FN4O2. The molecule has 0 aromatic heterocycles. The molecule has 0 radical (unpaired) electrons. The average molecular weight is 340 g/mol. The fraction of sp³-hybridized carbons (Fsp3) is 0.167. The third kappa shape index (κ3) is 4.63. The summed E-state index contributed by atoms with van der Waals surface area (Å²) in [5.74, 6) is -0.822. The van der Waals surface area contributed by atoms with Crippen molar-refractivity contribution in [1.82, 2.24) is 10.6 Å². The lowest BCUT2D eigenvalue weighted by Gasteiger charge is -2.21. The van der Waals surface area contributed by atoms with E-state index < -0.39 is 6.04 Å². The smallest absolute Gasteiger partial charge is 0.245 e. The highest BCUT2D eigenvalue weighted by molar-refractivity contribution is 6.08. The number of aliphatic imine (C=N–C) groups is 1. The van der Waals surface area contributed by atoms with Gasteiger partial charge in [0.25, 0.3) is 0 Å². The van der Waals surface area contributed by atoms with Gasteiger partial charge in [-0.15, -0.1) is 0 Å². The third-order valence-corrected chi connectivity index (χ3v) is 3.64. The highest BCUT2D eigenvalue weighted by Gasteiger charge is 2.26. The van der Waals surface area contributed by atoms with Gasteiger partial charge in [-0.2, -0.15) is 0 Å². The van der Waals surface area contributed by atoms with Gasteiger partial charge >= 0.3 is 0 Å². The Morgan fingerprint density at radius 2 is 1.88 bits per heavy atom. The Morgan fingerprint density at radius 3 is 2.60 bits per heavy atom. The number of anilines is 1. The number of benzene rings is 2. The van der Waals surface area contributed by atoms with Crippen molar-refractivity contribution in [2.75, 3.05) is 5.32 Å². The van der Waals surface area contributed by atoms with Crippen molar-refractivity contribution in [3.05, 3.63) is 66.0 Å². The molecule has 0 fully saturated rings. The number of hydrogen-bond acceptors (Lipinski definition) is 4. The van der Waals surface area contributed by atoms with E-state index in [0.29, 0.717) is 12.2 Å². The van der Waals surface area contributed by atoms with E-state index in [-0.39, 0.29) is 30.0 Å². The van der Waals surface area contributed by atoms with E-state index in [4.69, 9.17) is 0 Å². The summed E-state index contributed by atoms with van der Waals surface area (Å²) in [5.41, 5.74) is 1.52. The molecule has 2 aromatic carbocycles. The zero-order chi connectivity index (χ0) is 17.6. The van der Waals surface area contributed by atoms with Crippen LogP contribution in [0.25, 0.3) is 0 Å². The molecule has 128 valence electrons. The van der Waals surface area contributed by atoms with E-state index in [2.05, 4.69) is 20.9 Å². The lowest BCUT2D eigenvalue weighted by atomic mass is 10.1. The molecule has 2 amide bonds. The molecule has 1 heterocycles. The normalized spacial score (nSPS) is 16.6. The maximum absolute atomic E-state index is 12.9. The van der Waals surface area contributed by atoms with E-state index in [1.54, 1.807) is 0 Å². The second kappa shape index (κ2) is 7.57. The van der Waals surface area contributed by atoms with Gasteiger partial charge in [-0.3, -0.25) is 14.9 Å². The van der Waals surface area contributed by atoms with Crippen molar-refractivity contribution in [3.63, 3.8) is 0 Å². The van der Waals surface area contributed by atoms with Gasteiger partial charge in [0.2, 0.25) is 17.8 Å². The minimum atomic E-state index is -0.805. The number of rotatable bonds is 4. The van der Waals surface area contributed by atoms with Crippen molar-refractivity contribution >= 4 is 23.5 Å². The highest BCUT2D eigenvalue weighted by atomic mass is 19.1. The summed E-state index contributed by atoms with van der Waals surface area (Å²) < 4.78 is 12.9. The number of halogens is 1. The molecule has 0 saturated heterocycles. The molecule has 0 bridgehead atoms. The van der Waals surface area contributed by atoms with Crippen LogP contribution in [0.1, 0.15) is 12.0 Å². The Labute approximate surface area is 144 Å². The molecule has 25 heavy (non-hydrogen) atoms. The lowest BCUT2D eigenvalue weighted by Crippen LogP contribution is -2.47. The maximum Gasteiger partial charge on any atom is 0.245 e. The van der Waals surface area contributed by atoms with Crippen LogP contribution in [0.4, 0.5) is 10.1 Å². The van der Waals surface area contributed by atoms with Gasteiger partial charge in [-0.25, -0.2) is 9.38 Å². The molecule has 0 unspecified atom stereocenters. The third-order valence-electron chi connectivity index (χ3n) is 3.64. The van der Waals surface area contributed by atoms with Crippen LogP contribution in [0.3, 0.4) is 0 Å². The Balaban J connectivity index is 1.64. The molecular weight excluding hydrogens is 323 g/mol. The number of nitrogens with zero attached hydrogens (tertiary/aromatic N) is 1. The summed E-state index contributed by atoms with van der Waals surface area (Å²) in [4.78, 5) is 28.3. The first-order chi connectivity index (χ1) is 12.1. The Bertz CT molecular complexity index is 790. The second-order valence-electron chi connectivity index (χ2n) is 5.58. The summed E-state index contributed by atoms with van der Waals surface area (Å²) in [6.45, 7) is 0.369. The predicted octanol–water partition coefficient (Wildman–Crippen LogP) is 1.80. The van der Waals surface area contributed by atoms with Crippen molar-refractivity contribution in [2.24, 2.45) is 4.99 Å². The highest BCUT2D eigenvalue weighted by Crippen LogP contribution is 2.11. The molecule has 0 saturated carbocycles. The lowest BCUT2D eigenvalue weighted by molar-refractivity contribution is -0.127. The Hall–Kier alpha value is -3.22. The molecule has 0 spiro atoms. The van der Waals surface area contributed by atoms with E-state index in [9.17, 15) is 14.0 Å². The summed E-state index contributed by atoms with van der Waals surface area (Å²) >= 11 is 0. The fourth-order valence-corrected chi connectivity index (χ4v) is 2.38. The summed E-state index contributed by atoms with van der Waals surface area (Å²) in [7, 11) is 0. The summed E-state index contributed by atoms with van der Waals surface area (Å²) in [6.07, 6.45) is -0.0186. The van der Waals surface area contributed by atoms with Gasteiger partial charge in [0.1, 0.15) is 11.9 Å². The van der Waals surface area contributed by atoms with E-state index in [0.717, 1.165) is 5.56 Å². The van der Waals surface area contributed by atoms with E-state index in [1.807, 2.05) is 30.3 Å². The SMILES string of the molecule is O=C1C[C@H](C(=O)NCc2ccccc2)N=C(Nc2ccc(F)cc2)N1. The second-order valence-corrected chi connectivity index (χ2v) is 5.58. The first-order valence-corrected chi connectivity index (χ1v) is 7.82. The topological polar surface area (TPSA) is 82.6 Å². The van der Waals surface area contributed by atoms with Gasteiger partial charge < -0.3 is 10.6 Å². The van der Waals surface area contributed by atoms with Crippen LogP contribution in [0.15, 0.2) is 59.6 Å². The molecule has 0 aliphatic carbocycles. The number of amides is 2. The average Bonchev–Trinajstić information content (AvgIpc) is 2.62. The molecule has 6 nitrogen and oxygen atoms in total. The number of carbonyl (C=O) groups excluding carboxylic acids is 2. The van der Waals surface area contributed by atoms with Gasteiger partial charge in [0, 0.05) is 12.2 Å². The van der Waals surface area contributed by atoms with E-state index in [1.165, 1.54) is 24.3 Å². The summed E-state index contributed by atoms with van der Waals surface area (Å²) in [5, 5.41) is 8.21. The monoisotopic (exact) mass is 340 g/mol. The fourth-order valence-electron chi connectivity index (χ4n) is 2.38. The van der Waals surface area contributed by atoms with Crippen LogP contribution in [0.2, 0.25) is 0 Å². The molecule has 7 heteroatoms. The largest absolute Gasteiger partial charge is 0.350 e. The quantitative estimate of drug-likeness (QED) is 0.794. The first kappa shape index (κ1) is 16.6. The maximum atomic E-state index is 12.9. The Morgan fingerprint density at radius 1 is 1.16 bits per heavy atom. The van der Waals surface area contributed by atoms with Gasteiger partial charge in [0.15, 0.2) is 0 Å². The van der Waals surface area contributed by atoms with Gasteiger partial charge in [-0.05, 0) is 29.8 Å². The van der Waals surface area contributed by atoms with Crippen LogP contribution >= 0.6 is 0 Å². The number of hydrogen-bond donors (Lipinski definition) is 3. The van der Waals surface area contributed by atoms with Crippen molar-refractivity contribution in [3.8, 4) is 0 Å². The number of carbonyl (C=O) groups is 2. The standard InChI is InChI=1S/C18H17FN4O2/c19-13-6-8-14(9-7-13)21-18-22-15(10-16(24)23-18)17(25)20-11-12-4-2-1-3-5-12/h1-9,15H,10-11H2,(H,20,25)(H2,21,22,23,24)/t15-/m1/s1. The number of guanidine groups is 1. The Kier molecular flexibility index (Phi) is 5.03. The zero-order valence-corrected chi connectivity index (χ0v) is 13.3. The summed E-state index contributed by atoms with van der Waals surface area (Å²) in [6, 6.07) is 14.3. The molecule has 3 N–H and O–H groups in total. The first-order valence-electron chi connectivity index (χ1n) is 7.82. The van der Waals surface area contributed by atoms with Crippen molar-refractivity contribution in [1.29, 1.82) is 0 Å². The minimum absolute atomic E-state index is 0.0186. The van der Waals surface area contributed by atoms with Gasteiger partial charge in [0.05, 0.1) is 6.42 Å².